The van der Waals surface area contributed by atoms with Crippen molar-refractivity contribution < 1.29 is 14.5 Å². The number of esters is 1. The molecule has 0 radical (unpaired) electrons. The highest BCUT2D eigenvalue weighted by atomic mass is 16.6. The first-order valence-electron chi connectivity index (χ1n) is 7.69. The van der Waals surface area contributed by atoms with Crippen LogP contribution in [0.15, 0.2) is 24.3 Å². The average Bonchev–Trinajstić information content (AvgIpc) is 2.50. The van der Waals surface area contributed by atoms with Crippen molar-refractivity contribution in [1.29, 1.82) is 0 Å². The summed E-state index contributed by atoms with van der Waals surface area (Å²) in [7, 11) is 0. The number of hydrogen-bond acceptors (Lipinski definition) is 5. The largest absolute Gasteiger partial charge is 0.466 e. The molecule has 0 aliphatic carbocycles. The van der Waals surface area contributed by atoms with E-state index in [1.807, 2.05) is 19.1 Å². The molecule has 0 atom stereocenters. The lowest BCUT2D eigenvalue weighted by atomic mass is 9.93. The van der Waals surface area contributed by atoms with Gasteiger partial charge in [0.05, 0.1) is 11.5 Å². The van der Waals surface area contributed by atoms with Crippen molar-refractivity contribution >= 4 is 11.7 Å². The number of likely N-dealkylation sites (tertiary alicyclic amines) is 1. The zero-order chi connectivity index (χ0) is 15.9. The maximum atomic E-state index is 11.5. The molecule has 22 heavy (non-hydrogen) atoms. The van der Waals surface area contributed by atoms with Gasteiger partial charge in [0.25, 0.3) is 5.69 Å². The molecule has 120 valence electrons. The number of non-ortho nitro benzene ring substituents is 1. The Morgan fingerprint density at radius 3 is 2.50 bits per heavy atom. The number of hydrogen-bond donors (Lipinski definition) is 0. The molecular weight excluding hydrogens is 284 g/mol. The van der Waals surface area contributed by atoms with Crippen LogP contribution in [-0.4, -0.2) is 35.5 Å². The number of ether oxygens (including phenoxy) is 1. The van der Waals surface area contributed by atoms with Crippen LogP contribution < -0.4 is 0 Å². The maximum absolute atomic E-state index is 11.5. The Morgan fingerprint density at radius 1 is 1.32 bits per heavy atom. The molecule has 0 N–H and O–H groups in total. The second kappa shape index (κ2) is 7.89. The molecule has 1 aromatic rings. The molecule has 1 aliphatic rings. The normalized spacial score (nSPS) is 16.4. The van der Waals surface area contributed by atoms with Gasteiger partial charge in [-0.3, -0.25) is 19.8 Å². The Kier molecular flexibility index (Phi) is 5.89. The van der Waals surface area contributed by atoms with Gasteiger partial charge < -0.3 is 4.74 Å². The third kappa shape index (κ3) is 4.80. The van der Waals surface area contributed by atoms with E-state index < -0.39 is 0 Å². The van der Waals surface area contributed by atoms with Crippen molar-refractivity contribution in [2.24, 2.45) is 5.92 Å². The molecule has 0 spiro atoms. The van der Waals surface area contributed by atoms with E-state index in [1.165, 1.54) is 0 Å². The first kappa shape index (κ1) is 16.4. The van der Waals surface area contributed by atoms with Crippen LogP contribution in [0, 0.1) is 16.0 Å². The summed E-state index contributed by atoms with van der Waals surface area (Å²) in [6.07, 6.45) is 2.50. The van der Waals surface area contributed by atoms with Gasteiger partial charge in [0.1, 0.15) is 0 Å². The summed E-state index contributed by atoms with van der Waals surface area (Å²) in [4.78, 5) is 24.0. The smallest absolute Gasteiger partial charge is 0.306 e. The van der Waals surface area contributed by atoms with Crippen LogP contribution >= 0.6 is 0 Å². The highest BCUT2D eigenvalue weighted by Gasteiger charge is 2.22. The molecule has 0 amide bonds. The van der Waals surface area contributed by atoms with Crippen molar-refractivity contribution in [2.45, 2.75) is 32.7 Å². The number of carbonyl (C=O) groups is 1. The quantitative estimate of drug-likeness (QED) is 0.459. The average molecular weight is 306 g/mol. The fourth-order valence-electron chi connectivity index (χ4n) is 2.79. The van der Waals surface area contributed by atoms with Gasteiger partial charge in [-0.2, -0.15) is 0 Å². The molecule has 1 aliphatic heterocycles. The summed E-state index contributed by atoms with van der Waals surface area (Å²) in [5, 5.41) is 10.6. The van der Waals surface area contributed by atoms with Crippen LogP contribution in [0.2, 0.25) is 0 Å². The molecule has 1 saturated heterocycles. The van der Waals surface area contributed by atoms with Gasteiger partial charge in [0.2, 0.25) is 0 Å². The highest BCUT2D eigenvalue weighted by molar-refractivity contribution is 5.69. The molecule has 0 saturated carbocycles. The van der Waals surface area contributed by atoms with Gasteiger partial charge in [0, 0.05) is 25.1 Å². The van der Waals surface area contributed by atoms with Crippen molar-refractivity contribution in [2.75, 3.05) is 19.7 Å². The Balaban J connectivity index is 1.77. The van der Waals surface area contributed by atoms with Gasteiger partial charge in [-0.05, 0) is 44.3 Å². The van der Waals surface area contributed by atoms with Crippen LogP contribution in [-0.2, 0) is 16.1 Å². The van der Waals surface area contributed by atoms with Crippen molar-refractivity contribution in [3.63, 3.8) is 0 Å². The monoisotopic (exact) mass is 306 g/mol. The first-order valence-corrected chi connectivity index (χ1v) is 7.69. The third-order valence-corrected chi connectivity index (χ3v) is 4.02. The zero-order valence-corrected chi connectivity index (χ0v) is 12.9. The van der Waals surface area contributed by atoms with E-state index in [4.69, 9.17) is 4.74 Å². The van der Waals surface area contributed by atoms with Gasteiger partial charge in [-0.15, -0.1) is 0 Å². The fraction of sp³-hybridized carbons (Fsp3) is 0.562. The number of nitrogens with zero attached hydrogens (tertiary/aromatic N) is 2. The summed E-state index contributed by atoms with van der Waals surface area (Å²) in [6.45, 7) is 4.95. The molecule has 6 nitrogen and oxygen atoms in total. The SMILES string of the molecule is CCOC(=O)CC1CCN(Cc2ccc([N+](=O)[O-])cc2)CC1. The molecule has 2 rings (SSSR count). The van der Waals surface area contributed by atoms with E-state index in [-0.39, 0.29) is 16.6 Å². The van der Waals surface area contributed by atoms with Crippen molar-refractivity contribution in [3.05, 3.63) is 39.9 Å². The summed E-state index contributed by atoms with van der Waals surface area (Å²) < 4.78 is 4.99. The van der Waals surface area contributed by atoms with E-state index in [0.29, 0.717) is 18.9 Å². The molecule has 1 fully saturated rings. The second-order valence-corrected chi connectivity index (χ2v) is 5.65. The van der Waals surface area contributed by atoms with Crippen LogP contribution in [0.4, 0.5) is 5.69 Å². The van der Waals surface area contributed by atoms with E-state index in [2.05, 4.69) is 4.90 Å². The van der Waals surface area contributed by atoms with E-state index in [9.17, 15) is 14.9 Å². The molecule has 1 aromatic carbocycles. The minimum Gasteiger partial charge on any atom is -0.466 e. The van der Waals surface area contributed by atoms with Crippen LogP contribution in [0.25, 0.3) is 0 Å². The molecule has 0 aromatic heterocycles. The van der Waals surface area contributed by atoms with Gasteiger partial charge in [0.15, 0.2) is 0 Å². The number of carbonyl (C=O) groups excluding carboxylic acids is 1. The Hall–Kier alpha value is -1.95. The van der Waals surface area contributed by atoms with Gasteiger partial charge in [-0.25, -0.2) is 0 Å². The summed E-state index contributed by atoms with van der Waals surface area (Å²) >= 11 is 0. The number of nitro benzene ring substituents is 1. The Bertz CT molecular complexity index is 507. The highest BCUT2D eigenvalue weighted by Crippen LogP contribution is 2.22. The summed E-state index contributed by atoms with van der Waals surface area (Å²) in [6, 6.07) is 6.71. The predicted molar refractivity (Wildman–Crippen MR) is 82.3 cm³/mol. The predicted octanol–water partition coefficient (Wildman–Crippen LogP) is 2.76. The van der Waals surface area contributed by atoms with Gasteiger partial charge in [-0.1, -0.05) is 12.1 Å². The number of nitro groups is 1. The van der Waals surface area contributed by atoms with Crippen LogP contribution in [0.5, 0.6) is 0 Å². The van der Waals surface area contributed by atoms with E-state index in [1.54, 1.807) is 12.1 Å². The van der Waals surface area contributed by atoms with E-state index in [0.717, 1.165) is 38.0 Å². The van der Waals surface area contributed by atoms with Crippen molar-refractivity contribution in [1.82, 2.24) is 4.90 Å². The topological polar surface area (TPSA) is 72.7 Å². The molecular formula is C16H22N2O4. The lowest BCUT2D eigenvalue weighted by Gasteiger charge is -2.31. The summed E-state index contributed by atoms with van der Waals surface area (Å²) in [5.41, 5.74) is 1.20. The standard InChI is InChI=1S/C16H22N2O4/c1-2-22-16(19)11-13-7-9-17(10-8-13)12-14-3-5-15(6-4-14)18(20)21/h3-6,13H,2,7-12H2,1H3. The number of benzene rings is 1. The number of piperidine rings is 1. The summed E-state index contributed by atoms with van der Waals surface area (Å²) in [5.74, 6) is 0.309. The lowest BCUT2D eigenvalue weighted by Crippen LogP contribution is -2.34. The maximum Gasteiger partial charge on any atom is 0.306 e. The van der Waals surface area contributed by atoms with Gasteiger partial charge >= 0.3 is 5.97 Å². The Labute approximate surface area is 130 Å². The minimum absolute atomic E-state index is 0.101. The molecule has 0 bridgehead atoms. The fourth-order valence-corrected chi connectivity index (χ4v) is 2.79. The minimum atomic E-state index is -0.384. The van der Waals surface area contributed by atoms with Crippen LogP contribution in [0.3, 0.4) is 0 Å². The second-order valence-electron chi connectivity index (χ2n) is 5.65. The molecule has 0 unspecified atom stereocenters. The number of rotatable bonds is 6. The van der Waals surface area contributed by atoms with E-state index >= 15 is 0 Å². The third-order valence-electron chi connectivity index (χ3n) is 4.02. The lowest BCUT2D eigenvalue weighted by molar-refractivity contribution is -0.384. The van der Waals surface area contributed by atoms with Crippen LogP contribution in [0.1, 0.15) is 31.7 Å². The first-order chi connectivity index (χ1) is 10.6. The molecule has 6 heteroatoms. The van der Waals surface area contributed by atoms with Crippen molar-refractivity contribution in [3.8, 4) is 0 Å². The molecule has 1 heterocycles. The zero-order valence-electron chi connectivity index (χ0n) is 12.9. The Morgan fingerprint density at radius 2 is 1.95 bits per heavy atom.